The SMILES string of the molecule is CCNC(=O)Oc1ccc2nc3c(c(CC)c2c1)Cn1c-3cc2c(c1=O)COC(=O)[C@]2(O)CC. The minimum absolute atomic E-state index is 0.0916. The monoisotopic (exact) mass is 463 g/mol. The molecule has 2 aliphatic heterocycles. The van der Waals surface area contributed by atoms with Crippen LogP contribution in [-0.2, 0) is 34.7 Å². The summed E-state index contributed by atoms with van der Waals surface area (Å²) < 4.78 is 12.1. The number of nitrogens with one attached hydrogen (secondary N) is 1. The lowest BCUT2D eigenvalue weighted by Crippen LogP contribution is -2.44. The number of fused-ring (bicyclic) bond motifs is 5. The molecule has 0 radical (unpaired) electrons. The molecule has 4 heterocycles. The molecule has 0 fully saturated rings. The molecule has 0 unspecified atom stereocenters. The van der Waals surface area contributed by atoms with Gasteiger partial charge < -0.3 is 24.5 Å². The summed E-state index contributed by atoms with van der Waals surface area (Å²) in [5, 5.41) is 14.5. The van der Waals surface area contributed by atoms with Crippen molar-refractivity contribution in [3.05, 3.63) is 56.9 Å². The smallest absolute Gasteiger partial charge is 0.412 e. The van der Waals surface area contributed by atoms with Crippen molar-refractivity contribution >= 4 is 23.0 Å². The third kappa shape index (κ3) is 3.11. The van der Waals surface area contributed by atoms with Gasteiger partial charge in [-0.15, -0.1) is 0 Å². The average molecular weight is 463 g/mol. The average Bonchev–Trinajstić information content (AvgIpc) is 3.19. The van der Waals surface area contributed by atoms with E-state index < -0.39 is 17.7 Å². The van der Waals surface area contributed by atoms with Crippen LogP contribution in [0.2, 0.25) is 0 Å². The van der Waals surface area contributed by atoms with Crippen molar-refractivity contribution < 1.29 is 24.2 Å². The van der Waals surface area contributed by atoms with Crippen LogP contribution in [0.3, 0.4) is 0 Å². The highest BCUT2D eigenvalue weighted by molar-refractivity contribution is 5.90. The van der Waals surface area contributed by atoms with E-state index in [1.165, 1.54) is 0 Å². The highest BCUT2D eigenvalue weighted by Crippen LogP contribution is 2.40. The summed E-state index contributed by atoms with van der Waals surface area (Å²) >= 11 is 0. The maximum atomic E-state index is 13.4. The van der Waals surface area contributed by atoms with Crippen LogP contribution < -0.4 is 15.6 Å². The van der Waals surface area contributed by atoms with Crippen molar-refractivity contribution in [3.8, 4) is 17.1 Å². The Hall–Kier alpha value is -3.72. The van der Waals surface area contributed by atoms with Crippen LogP contribution in [0.25, 0.3) is 22.3 Å². The first-order valence-corrected chi connectivity index (χ1v) is 11.4. The minimum atomic E-state index is -1.86. The lowest BCUT2D eigenvalue weighted by molar-refractivity contribution is -0.172. The van der Waals surface area contributed by atoms with E-state index in [1.54, 1.807) is 35.8 Å². The summed E-state index contributed by atoms with van der Waals surface area (Å²) in [4.78, 5) is 42.4. The van der Waals surface area contributed by atoms with Gasteiger partial charge in [-0.05, 0) is 49.6 Å². The van der Waals surface area contributed by atoms with Crippen molar-refractivity contribution in [1.29, 1.82) is 0 Å². The number of aromatic nitrogens is 2. The topological polar surface area (TPSA) is 120 Å². The van der Waals surface area contributed by atoms with Gasteiger partial charge in [-0.1, -0.05) is 13.8 Å². The molecule has 1 aromatic carbocycles. The number of esters is 1. The van der Waals surface area contributed by atoms with E-state index in [2.05, 4.69) is 5.32 Å². The molecule has 1 atom stereocenters. The van der Waals surface area contributed by atoms with Gasteiger partial charge in [0.05, 0.1) is 29.0 Å². The maximum Gasteiger partial charge on any atom is 0.412 e. The fourth-order valence-electron chi connectivity index (χ4n) is 4.90. The largest absolute Gasteiger partial charge is 0.458 e. The van der Waals surface area contributed by atoms with Crippen LogP contribution in [0, 0.1) is 0 Å². The number of nitrogens with zero attached hydrogens (tertiary/aromatic N) is 2. The van der Waals surface area contributed by atoms with Crippen molar-refractivity contribution in [1.82, 2.24) is 14.9 Å². The summed E-state index contributed by atoms with van der Waals surface area (Å²) in [5.74, 6) is -0.341. The van der Waals surface area contributed by atoms with E-state index in [1.807, 2.05) is 13.8 Å². The Morgan fingerprint density at radius 1 is 1.24 bits per heavy atom. The highest BCUT2D eigenvalue weighted by Gasteiger charge is 2.45. The summed E-state index contributed by atoms with van der Waals surface area (Å²) in [6, 6.07) is 6.95. The number of aryl methyl sites for hydroxylation is 1. The number of hydrogen-bond donors (Lipinski definition) is 2. The van der Waals surface area contributed by atoms with Crippen LogP contribution in [-0.4, -0.2) is 33.3 Å². The fraction of sp³-hybridized carbons (Fsp3) is 0.360. The third-order valence-corrected chi connectivity index (χ3v) is 6.66. The second kappa shape index (κ2) is 7.95. The van der Waals surface area contributed by atoms with Crippen LogP contribution in [0.5, 0.6) is 5.75 Å². The summed E-state index contributed by atoms with van der Waals surface area (Å²) in [6.45, 7) is 6.13. The third-order valence-electron chi connectivity index (χ3n) is 6.66. The minimum Gasteiger partial charge on any atom is -0.458 e. The Bertz CT molecular complexity index is 1430. The fourth-order valence-corrected chi connectivity index (χ4v) is 4.90. The van der Waals surface area contributed by atoms with Gasteiger partial charge in [0.25, 0.3) is 5.56 Å². The Morgan fingerprint density at radius 2 is 2.03 bits per heavy atom. The molecule has 0 saturated heterocycles. The molecule has 9 nitrogen and oxygen atoms in total. The molecule has 9 heteroatoms. The number of carbonyl (C=O) groups excluding carboxylic acids is 2. The van der Waals surface area contributed by atoms with Crippen LogP contribution in [0.4, 0.5) is 4.79 Å². The highest BCUT2D eigenvalue weighted by atomic mass is 16.6. The molecule has 2 aromatic heterocycles. The molecule has 2 N–H and O–H groups in total. The van der Waals surface area contributed by atoms with Crippen LogP contribution in [0.15, 0.2) is 29.1 Å². The lowest BCUT2D eigenvalue weighted by Gasteiger charge is -2.31. The number of ether oxygens (including phenoxy) is 2. The van der Waals surface area contributed by atoms with Gasteiger partial charge in [0.15, 0.2) is 5.60 Å². The number of hydrogen-bond acceptors (Lipinski definition) is 7. The Kier molecular flexibility index (Phi) is 5.16. The van der Waals surface area contributed by atoms with Gasteiger partial charge in [-0.25, -0.2) is 14.6 Å². The molecule has 0 aliphatic carbocycles. The number of amides is 1. The Morgan fingerprint density at radius 3 is 2.74 bits per heavy atom. The molecule has 0 spiro atoms. The van der Waals surface area contributed by atoms with Crippen molar-refractivity contribution in [2.75, 3.05) is 6.54 Å². The maximum absolute atomic E-state index is 13.4. The molecule has 176 valence electrons. The summed E-state index contributed by atoms with van der Waals surface area (Å²) in [7, 11) is 0. The quantitative estimate of drug-likeness (QED) is 0.447. The molecular formula is C25H25N3O6. The van der Waals surface area contributed by atoms with E-state index >= 15 is 0 Å². The summed E-state index contributed by atoms with van der Waals surface area (Å²) in [5.41, 5.74) is 2.25. The molecule has 0 bridgehead atoms. The van der Waals surface area contributed by atoms with Gasteiger partial charge >= 0.3 is 12.1 Å². The molecular weight excluding hydrogens is 438 g/mol. The Balaban J connectivity index is 1.69. The lowest BCUT2D eigenvalue weighted by atomic mass is 9.86. The molecule has 5 rings (SSSR count). The predicted molar refractivity (Wildman–Crippen MR) is 124 cm³/mol. The first-order chi connectivity index (χ1) is 16.3. The summed E-state index contributed by atoms with van der Waals surface area (Å²) in [6.07, 6.45) is 0.238. The first kappa shape index (κ1) is 22.1. The van der Waals surface area contributed by atoms with Gasteiger partial charge in [-0.2, -0.15) is 0 Å². The standard InChI is InChI=1S/C25H25N3O6/c1-4-14-15-9-13(34-24(31)26-6-3)7-8-19(15)27-21-16(14)11-28-20(21)10-18-17(22(28)29)12-33-23(30)25(18,32)5-2/h7-10,32H,4-6,11-12H2,1-3H3,(H,26,31)/t25-/m0/s1. The van der Waals surface area contributed by atoms with E-state index in [0.29, 0.717) is 53.3 Å². The second-order valence-corrected chi connectivity index (χ2v) is 8.47. The first-order valence-electron chi connectivity index (χ1n) is 11.4. The van der Waals surface area contributed by atoms with Crippen LogP contribution in [0.1, 0.15) is 49.4 Å². The van der Waals surface area contributed by atoms with Gasteiger partial charge in [-0.3, -0.25) is 4.79 Å². The normalized spacial score (nSPS) is 18.2. The number of rotatable bonds is 4. The van der Waals surface area contributed by atoms with E-state index in [-0.39, 0.29) is 18.6 Å². The van der Waals surface area contributed by atoms with Gasteiger partial charge in [0.2, 0.25) is 0 Å². The van der Waals surface area contributed by atoms with E-state index in [0.717, 1.165) is 16.5 Å². The van der Waals surface area contributed by atoms with E-state index in [9.17, 15) is 19.5 Å². The molecule has 34 heavy (non-hydrogen) atoms. The molecule has 3 aromatic rings. The number of cyclic esters (lactones) is 1. The van der Waals surface area contributed by atoms with Gasteiger partial charge in [0, 0.05) is 23.1 Å². The molecule has 1 amide bonds. The second-order valence-electron chi connectivity index (χ2n) is 8.47. The van der Waals surface area contributed by atoms with Gasteiger partial charge in [0.1, 0.15) is 12.4 Å². The predicted octanol–water partition coefficient (Wildman–Crippen LogP) is 2.75. The zero-order chi connectivity index (χ0) is 24.2. The molecule has 2 aliphatic rings. The van der Waals surface area contributed by atoms with Crippen LogP contribution >= 0.6 is 0 Å². The van der Waals surface area contributed by atoms with Crippen molar-refractivity contribution in [2.24, 2.45) is 0 Å². The van der Waals surface area contributed by atoms with E-state index in [4.69, 9.17) is 14.5 Å². The zero-order valence-electron chi connectivity index (χ0n) is 19.2. The van der Waals surface area contributed by atoms with Crippen molar-refractivity contribution in [3.63, 3.8) is 0 Å². The number of benzene rings is 1. The number of pyridine rings is 2. The molecule has 0 saturated carbocycles. The van der Waals surface area contributed by atoms with Crippen molar-refractivity contribution in [2.45, 2.75) is 52.4 Å². The number of carbonyl (C=O) groups is 2. The zero-order valence-corrected chi connectivity index (χ0v) is 19.2. The Labute approximate surface area is 195 Å². The number of aliphatic hydroxyl groups is 1.